The van der Waals surface area contributed by atoms with Crippen molar-refractivity contribution in [1.29, 1.82) is 0 Å². The lowest BCUT2D eigenvalue weighted by Crippen LogP contribution is -1.99. The van der Waals surface area contributed by atoms with E-state index in [4.69, 9.17) is 9.52 Å². The van der Waals surface area contributed by atoms with Crippen molar-refractivity contribution in [3.8, 4) is 11.3 Å². The number of hydrogen-bond acceptors (Lipinski definition) is 3. The number of hydrogen-bond donors (Lipinski definition) is 2. The van der Waals surface area contributed by atoms with Crippen molar-refractivity contribution in [3.63, 3.8) is 0 Å². The number of furan rings is 1. The Morgan fingerprint density at radius 1 is 1.64 bits per heavy atom. The average molecular weight is 192 g/mol. The van der Waals surface area contributed by atoms with Crippen molar-refractivity contribution in [2.75, 3.05) is 0 Å². The minimum Gasteiger partial charge on any atom is -0.481 e. The van der Waals surface area contributed by atoms with Gasteiger partial charge in [0.25, 0.3) is 0 Å². The van der Waals surface area contributed by atoms with Crippen LogP contribution >= 0.6 is 0 Å². The zero-order valence-corrected chi connectivity index (χ0v) is 7.23. The molecule has 2 aromatic heterocycles. The molecule has 0 aliphatic carbocycles. The maximum atomic E-state index is 10.5. The standard InChI is InChI=1S/C9H8N2O3/c12-8(13)3-6-1-2-14-9(6)7-4-10-11-5-7/h1-2,4-5H,3H2,(H,10,11)(H,12,13). The molecule has 14 heavy (non-hydrogen) atoms. The van der Waals surface area contributed by atoms with E-state index < -0.39 is 5.97 Å². The van der Waals surface area contributed by atoms with E-state index >= 15 is 0 Å². The summed E-state index contributed by atoms with van der Waals surface area (Å²) >= 11 is 0. The third kappa shape index (κ3) is 1.52. The molecule has 0 saturated heterocycles. The van der Waals surface area contributed by atoms with E-state index in [2.05, 4.69) is 10.2 Å². The van der Waals surface area contributed by atoms with E-state index in [-0.39, 0.29) is 6.42 Å². The number of carbonyl (C=O) groups is 1. The largest absolute Gasteiger partial charge is 0.481 e. The molecule has 0 aliphatic rings. The molecule has 2 heterocycles. The first kappa shape index (κ1) is 8.55. The summed E-state index contributed by atoms with van der Waals surface area (Å²) in [5, 5.41) is 15.0. The molecule has 0 radical (unpaired) electrons. The number of carboxylic acid groups (broad SMARTS) is 1. The predicted octanol–water partition coefficient (Wildman–Crippen LogP) is 1.30. The number of nitrogens with one attached hydrogen (secondary N) is 1. The number of carboxylic acids is 1. The van der Waals surface area contributed by atoms with Crippen molar-refractivity contribution in [3.05, 3.63) is 30.3 Å². The summed E-state index contributed by atoms with van der Waals surface area (Å²) in [7, 11) is 0. The minimum absolute atomic E-state index is 0.0446. The molecule has 0 amide bonds. The normalized spacial score (nSPS) is 10.3. The van der Waals surface area contributed by atoms with Crippen LogP contribution in [0.3, 0.4) is 0 Å². The van der Waals surface area contributed by atoms with Gasteiger partial charge in [-0.3, -0.25) is 9.89 Å². The van der Waals surface area contributed by atoms with Crippen molar-refractivity contribution < 1.29 is 14.3 Å². The molecule has 0 unspecified atom stereocenters. The van der Waals surface area contributed by atoms with E-state index in [9.17, 15) is 4.79 Å². The van der Waals surface area contributed by atoms with Gasteiger partial charge in [0.1, 0.15) is 5.76 Å². The van der Waals surface area contributed by atoms with Crippen LogP contribution < -0.4 is 0 Å². The van der Waals surface area contributed by atoms with Crippen LogP contribution in [0.1, 0.15) is 5.56 Å². The second-order valence-corrected chi connectivity index (χ2v) is 2.83. The van der Waals surface area contributed by atoms with Crippen LogP contribution in [0.15, 0.2) is 29.1 Å². The number of nitrogens with zero attached hydrogens (tertiary/aromatic N) is 1. The van der Waals surface area contributed by atoms with Crippen molar-refractivity contribution in [2.24, 2.45) is 0 Å². The molecule has 2 rings (SSSR count). The molecule has 0 aliphatic heterocycles. The molecule has 0 spiro atoms. The Morgan fingerprint density at radius 3 is 3.14 bits per heavy atom. The van der Waals surface area contributed by atoms with Crippen LogP contribution in [0.2, 0.25) is 0 Å². The second-order valence-electron chi connectivity index (χ2n) is 2.83. The summed E-state index contributed by atoms with van der Waals surface area (Å²) in [6, 6.07) is 1.65. The third-order valence-electron chi connectivity index (χ3n) is 1.85. The van der Waals surface area contributed by atoms with Gasteiger partial charge in [-0.1, -0.05) is 0 Å². The van der Waals surface area contributed by atoms with E-state index in [1.165, 1.54) is 6.26 Å². The Kier molecular flexibility index (Phi) is 2.06. The van der Waals surface area contributed by atoms with Crippen LogP contribution in [0.5, 0.6) is 0 Å². The fraction of sp³-hybridized carbons (Fsp3) is 0.111. The highest BCUT2D eigenvalue weighted by Gasteiger charge is 2.12. The van der Waals surface area contributed by atoms with Crippen LogP contribution in [0.4, 0.5) is 0 Å². The monoisotopic (exact) mass is 192 g/mol. The van der Waals surface area contributed by atoms with Gasteiger partial charge in [0.15, 0.2) is 0 Å². The lowest BCUT2D eigenvalue weighted by atomic mass is 10.1. The lowest BCUT2D eigenvalue weighted by Gasteiger charge is -1.95. The number of aromatic nitrogens is 2. The predicted molar refractivity (Wildman–Crippen MR) is 47.6 cm³/mol. The van der Waals surface area contributed by atoms with Gasteiger partial charge in [0.2, 0.25) is 0 Å². The highest BCUT2D eigenvalue weighted by molar-refractivity contribution is 5.74. The first-order chi connectivity index (χ1) is 6.77. The van der Waals surface area contributed by atoms with Crippen molar-refractivity contribution >= 4 is 5.97 Å². The minimum atomic E-state index is -0.879. The van der Waals surface area contributed by atoms with Gasteiger partial charge in [0, 0.05) is 11.8 Å². The van der Waals surface area contributed by atoms with Crippen LogP contribution in [0.25, 0.3) is 11.3 Å². The molecule has 0 bridgehead atoms. The summed E-state index contributed by atoms with van der Waals surface area (Å²) in [6.07, 6.45) is 4.67. The molecular formula is C9H8N2O3. The Labute approximate surface area is 79.4 Å². The zero-order chi connectivity index (χ0) is 9.97. The number of aliphatic carboxylic acids is 1. The molecule has 2 aromatic rings. The number of aromatic amines is 1. The Bertz CT molecular complexity index is 431. The van der Waals surface area contributed by atoms with Crippen LogP contribution in [-0.2, 0) is 11.2 Å². The Hall–Kier alpha value is -2.04. The van der Waals surface area contributed by atoms with Gasteiger partial charge < -0.3 is 9.52 Å². The molecule has 0 saturated carbocycles. The smallest absolute Gasteiger partial charge is 0.307 e. The third-order valence-corrected chi connectivity index (χ3v) is 1.85. The van der Waals surface area contributed by atoms with Crippen LogP contribution in [-0.4, -0.2) is 21.3 Å². The molecule has 72 valence electrons. The van der Waals surface area contributed by atoms with Crippen molar-refractivity contribution in [2.45, 2.75) is 6.42 Å². The van der Waals surface area contributed by atoms with Crippen molar-refractivity contribution in [1.82, 2.24) is 10.2 Å². The van der Waals surface area contributed by atoms with Gasteiger partial charge in [-0.2, -0.15) is 5.10 Å². The molecule has 0 fully saturated rings. The van der Waals surface area contributed by atoms with Crippen LogP contribution in [0, 0.1) is 0 Å². The number of rotatable bonds is 3. The van der Waals surface area contributed by atoms with Gasteiger partial charge in [-0.15, -0.1) is 0 Å². The van der Waals surface area contributed by atoms with E-state index in [0.29, 0.717) is 11.3 Å². The van der Waals surface area contributed by atoms with E-state index in [1.807, 2.05) is 0 Å². The maximum Gasteiger partial charge on any atom is 0.307 e. The fourth-order valence-electron chi connectivity index (χ4n) is 1.27. The molecule has 5 nitrogen and oxygen atoms in total. The summed E-state index contributed by atoms with van der Waals surface area (Å²) in [5.41, 5.74) is 1.41. The molecule has 2 N–H and O–H groups in total. The SMILES string of the molecule is O=C(O)Cc1ccoc1-c1cn[nH]c1. The van der Waals surface area contributed by atoms with E-state index in [1.54, 1.807) is 18.5 Å². The quantitative estimate of drug-likeness (QED) is 0.768. The lowest BCUT2D eigenvalue weighted by molar-refractivity contribution is -0.136. The highest BCUT2D eigenvalue weighted by Crippen LogP contribution is 2.23. The summed E-state index contributed by atoms with van der Waals surface area (Å²) in [6.45, 7) is 0. The first-order valence-corrected chi connectivity index (χ1v) is 4.04. The summed E-state index contributed by atoms with van der Waals surface area (Å²) < 4.78 is 5.19. The Morgan fingerprint density at radius 2 is 2.50 bits per heavy atom. The van der Waals surface area contributed by atoms with Gasteiger partial charge in [0.05, 0.1) is 24.4 Å². The summed E-state index contributed by atoms with van der Waals surface area (Å²) in [4.78, 5) is 10.5. The molecule has 0 aromatic carbocycles. The molecular weight excluding hydrogens is 184 g/mol. The zero-order valence-electron chi connectivity index (χ0n) is 7.23. The number of H-pyrrole nitrogens is 1. The highest BCUT2D eigenvalue weighted by atomic mass is 16.4. The Balaban J connectivity index is 2.35. The fourth-order valence-corrected chi connectivity index (χ4v) is 1.27. The average Bonchev–Trinajstić information content (AvgIpc) is 2.70. The summed E-state index contributed by atoms with van der Waals surface area (Å²) in [5.74, 6) is -0.322. The second kappa shape index (κ2) is 3.37. The van der Waals surface area contributed by atoms with Gasteiger partial charge >= 0.3 is 5.97 Å². The topological polar surface area (TPSA) is 79.1 Å². The van der Waals surface area contributed by atoms with Gasteiger partial charge in [-0.25, -0.2) is 0 Å². The first-order valence-electron chi connectivity index (χ1n) is 4.04. The van der Waals surface area contributed by atoms with Gasteiger partial charge in [-0.05, 0) is 6.07 Å². The molecule has 0 atom stereocenters. The maximum absolute atomic E-state index is 10.5. The van der Waals surface area contributed by atoms with E-state index in [0.717, 1.165) is 5.56 Å². The molecule has 5 heteroatoms.